The van der Waals surface area contributed by atoms with E-state index < -0.39 is 0 Å². The number of hydrogen-bond acceptors (Lipinski definition) is 3. The second-order valence-electron chi connectivity index (χ2n) is 6.05. The molecule has 114 valence electrons. The smallest absolute Gasteiger partial charge is 0.221 e. The Balaban J connectivity index is 2.57. The van der Waals surface area contributed by atoms with E-state index in [1.807, 2.05) is 10.8 Å². The molecule has 0 bridgehead atoms. The van der Waals surface area contributed by atoms with Crippen molar-refractivity contribution in [1.82, 2.24) is 14.9 Å². The first-order chi connectivity index (χ1) is 9.45. The van der Waals surface area contributed by atoms with Crippen molar-refractivity contribution in [3.8, 4) is 0 Å². The quantitative estimate of drug-likeness (QED) is 0.762. The molecule has 0 aliphatic rings. The van der Waals surface area contributed by atoms with Gasteiger partial charge < -0.3 is 15.6 Å². The van der Waals surface area contributed by atoms with Gasteiger partial charge in [0.1, 0.15) is 0 Å². The highest BCUT2D eigenvalue weighted by atomic mass is 16.1. The molecule has 1 rings (SSSR count). The van der Waals surface area contributed by atoms with Crippen LogP contribution < -0.4 is 11.1 Å². The summed E-state index contributed by atoms with van der Waals surface area (Å²) in [6.45, 7) is 10.5. The van der Waals surface area contributed by atoms with Gasteiger partial charge in [0, 0.05) is 43.9 Å². The Kier molecular flexibility index (Phi) is 6.71. The zero-order valence-corrected chi connectivity index (χ0v) is 13.1. The second-order valence-corrected chi connectivity index (χ2v) is 6.05. The van der Waals surface area contributed by atoms with Crippen molar-refractivity contribution in [2.45, 2.75) is 46.6 Å². The first-order valence-electron chi connectivity index (χ1n) is 7.42. The molecule has 3 N–H and O–H groups in total. The van der Waals surface area contributed by atoms with Crippen LogP contribution in [0.25, 0.3) is 0 Å². The topological polar surface area (TPSA) is 72.9 Å². The van der Waals surface area contributed by atoms with Gasteiger partial charge in [-0.05, 0) is 11.8 Å². The largest absolute Gasteiger partial charge is 0.356 e. The number of carbonyl (C=O) groups is 1. The SMILES string of the molecule is CC(C)CNC(=O)CCn1cncc1C(CN)C(C)C. The Morgan fingerprint density at radius 2 is 2.10 bits per heavy atom. The van der Waals surface area contributed by atoms with Gasteiger partial charge in [0.2, 0.25) is 5.91 Å². The minimum absolute atomic E-state index is 0.0900. The Labute approximate surface area is 122 Å². The number of imidazole rings is 1. The molecule has 1 amide bonds. The van der Waals surface area contributed by atoms with Gasteiger partial charge in [-0.25, -0.2) is 4.98 Å². The van der Waals surface area contributed by atoms with Crippen LogP contribution in [-0.4, -0.2) is 28.5 Å². The summed E-state index contributed by atoms with van der Waals surface area (Å²) in [7, 11) is 0. The number of hydrogen-bond donors (Lipinski definition) is 2. The molecule has 0 saturated heterocycles. The number of rotatable bonds is 8. The molecule has 1 aromatic heterocycles. The molecule has 20 heavy (non-hydrogen) atoms. The van der Waals surface area contributed by atoms with Crippen molar-refractivity contribution in [3.05, 3.63) is 18.2 Å². The fourth-order valence-electron chi connectivity index (χ4n) is 2.19. The van der Waals surface area contributed by atoms with E-state index in [-0.39, 0.29) is 11.8 Å². The van der Waals surface area contributed by atoms with Crippen LogP contribution in [0.2, 0.25) is 0 Å². The van der Waals surface area contributed by atoms with E-state index >= 15 is 0 Å². The van der Waals surface area contributed by atoms with E-state index in [0.717, 1.165) is 12.2 Å². The molecule has 0 aliphatic carbocycles. The standard InChI is InChI=1S/C15H28N4O/c1-11(2)8-18-15(20)5-6-19-10-17-9-14(19)13(7-16)12(3)4/h9-13H,5-8,16H2,1-4H3,(H,18,20). The molecular formula is C15H28N4O. The number of nitrogens with two attached hydrogens (primary N) is 1. The van der Waals surface area contributed by atoms with Gasteiger partial charge in [0.05, 0.1) is 6.33 Å². The van der Waals surface area contributed by atoms with E-state index in [1.165, 1.54) is 0 Å². The summed E-state index contributed by atoms with van der Waals surface area (Å²) < 4.78 is 2.05. The van der Waals surface area contributed by atoms with Crippen molar-refractivity contribution in [1.29, 1.82) is 0 Å². The van der Waals surface area contributed by atoms with Crippen LogP contribution in [0, 0.1) is 11.8 Å². The van der Waals surface area contributed by atoms with Gasteiger partial charge in [-0.1, -0.05) is 27.7 Å². The van der Waals surface area contributed by atoms with Crippen molar-refractivity contribution in [3.63, 3.8) is 0 Å². The molecule has 0 spiro atoms. The number of aromatic nitrogens is 2. The Morgan fingerprint density at radius 3 is 2.65 bits per heavy atom. The Morgan fingerprint density at radius 1 is 1.40 bits per heavy atom. The zero-order valence-electron chi connectivity index (χ0n) is 13.1. The van der Waals surface area contributed by atoms with Gasteiger partial charge >= 0.3 is 0 Å². The summed E-state index contributed by atoms with van der Waals surface area (Å²) in [6, 6.07) is 0. The van der Waals surface area contributed by atoms with Crippen LogP contribution in [0.1, 0.15) is 45.7 Å². The third-order valence-corrected chi connectivity index (χ3v) is 3.47. The van der Waals surface area contributed by atoms with E-state index in [1.54, 1.807) is 6.33 Å². The molecule has 5 heteroatoms. The maximum atomic E-state index is 11.8. The molecule has 1 heterocycles. The summed E-state index contributed by atoms with van der Waals surface area (Å²) in [5, 5.41) is 2.93. The molecule has 0 aliphatic heterocycles. The van der Waals surface area contributed by atoms with E-state index in [9.17, 15) is 4.79 Å². The van der Waals surface area contributed by atoms with E-state index in [4.69, 9.17) is 5.73 Å². The molecule has 0 saturated carbocycles. The van der Waals surface area contributed by atoms with Gasteiger partial charge in [0.25, 0.3) is 0 Å². The minimum atomic E-state index is 0.0900. The van der Waals surface area contributed by atoms with Crippen LogP contribution in [0.3, 0.4) is 0 Å². The average Bonchev–Trinajstić information content (AvgIpc) is 2.82. The molecule has 1 aromatic rings. The van der Waals surface area contributed by atoms with Crippen molar-refractivity contribution in [2.24, 2.45) is 17.6 Å². The van der Waals surface area contributed by atoms with E-state index in [2.05, 4.69) is 38.0 Å². The van der Waals surface area contributed by atoms with Gasteiger partial charge in [-0.2, -0.15) is 0 Å². The van der Waals surface area contributed by atoms with Crippen LogP contribution in [0.15, 0.2) is 12.5 Å². The Bertz CT molecular complexity index is 412. The van der Waals surface area contributed by atoms with Gasteiger partial charge in [-0.3, -0.25) is 4.79 Å². The second kappa shape index (κ2) is 8.04. The van der Waals surface area contributed by atoms with Crippen molar-refractivity contribution in [2.75, 3.05) is 13.1 Å². The van der Waals surface area contributed by atoms with Crippen LogP contribution in [0.5, 0.6) is 0 Å². The highest BCUT2D eigenvalue weighted by Gasteiger charge is 2.18. The molecule has 0 aromatic carbocycles. The number of nitrogens with one attached hydrogen (secondary N) is 1. The highest BCUT2D eigenvalue weighted by molar-refractivity contribution is 5.75. The zero-order chi connectivity index (χ0) is 15.1. The number of nitrogens with zero attached hydrogens (tertiary/aromatic N) is 2. The monoisotopic (exact) mass is 280 g/mol. The lowest BCUT2D eigenvalue weighted by atomic mass is 9.93. The third-order valence-electron chi connectivity index (χ3n) is 3.47. The molecule has 0 fully saturated rings. The Hall–Kier alpha value is -1.36. The number of amides is 1. The summed E-state index contributed by atoms with van der Waals surface area (Å²) >= 11 is 0. The maximum Gasteiger partial charge on any atom is 0.221 e. The number of carbonyl (C=O) groups excluding carboxylic acids is 1. The first-order valence-corrected chi connectivity index (χ1v) is 7.42. The molecule has 5 nitrogen and oxygen atoms in total. The maximum absolute atomic E-state index is 11.8. The molecule has 1 unspecified atom stereocenters. The average molecular weight is 280 g/mol. The normalized spacial score (nSPS) is 12.9. The fraction of sp³-hybridized carbons (Fsp3) is 0.733. The summed E-state index contributed by atoms with van der Waals surface area (Å²) in [5.74, 6) is 1.32. The minimum Gasteiger partial charge on any atom is -0.356 e. The lowest BCUT2D eigenvalue weighted by molar-refractivity contribution is -0.121. The van der Waals surface area contributed by atoms with Crippen LogP contribution in [0.4, 0.5) is 0 Å². The van der Waals surface area contributed by atoms with Crippen molar-refractivity contribution >= 4 is 5.91 Å². The highest BCUT2D eigenvalue weighted by Crippen LogP contribution is 2.23. The van der Waals surface area contributed by atoms with Crippen LogP contribution in [-0.2, 0) is 11.3 Å². The fourth-order valence-corrected chi connectivity index (χ4v) is 2.19. The lowest BCUT2D eigenvalue weighted by Crippen LogP contribution is -2.28. The summed E-state index contributed by atoms with van der Waals surface area (Å²) in [4.78, 5) is 16.0. The first kappa shape index (κ1) is 16.7. The predicted octanol–water partition coefficient (Wildman–Crippen LogP) is 1.74. The summed E-state index contributed by atoms with van der Waals surface area (Å²) in [6.07, 6.45) is 4.13. The number of aryl methyl sites for hydroxylation is 1. The molecule has 1 atom stereocenters. The molecular weight excluding hydrogens is 252 g/mol. The third kappa shape index (κ3) is 4.96. The molecule has 0 radical (unpaired) electrons. The predicted molar refractivity (Wildman–Crippen MR) is 81.3 cm³/mol. The van der Waals surface area contributed by atoms with Gasteiger partial charge in [0.15, 0.2) is 0 Å². The van der Waals surface area contributed by atoms with Gasteiger partial charge in [-0.15, -0.1) is 0 Å². The lowest BCUT2D eigenvalue weighted by Gasteiger charge is -2.20. The van der Waals surface area contributed by atoms with Crippen LogP contribution >= 0.6 is 0 Å². The summed E-state index contributed by atoms with van der Waals surface area (Å²) in [5.41, 5.74) is 6.97. The van der Waals surface area contributed by atoms with E-state index in [0.29, 0.717) is 31.3 Å². The van der Waals surface area contributed by atoms with Crippen molar-refractivity contribution < 1.29 is 4.79 Å².